The van der Waals surface area contributed by atoms with Gasteiger partial charge < -0.3 is 20.3 Å². The first-order valence-electron chi connectivity index (χ1n) is 4.79. The van der Waals surface area contributed by atoms with E-state index in [1.165, 1.54) is 7.11 Å². The van der Waals surface area contributed by atoms with E-state index in [0.717, 1.165) is 0 Å². The van der Waals surface area contributed by atoms with E-state index in [1.807, 2.05) is 6.07 Å². The van der Waals surface area contributed by atoms with Crippen LogP contribution in [0.3, 0.4) is 0 Å². The first-order chi connectivity index (χ1) is 7.69. The van der Waals surface area contributed by atoms with E-state index >= 15 is 0 Å². The van der Waals surface area contributed by atoms with Crippen LogP contribution in [0.4, 0.5) is 0 Å². The second kappa shape index (κ2) is 5.95. The molecule has 0 bridgehead atoms. The number of methoxy groups -OCH3 is 1. The molecule has 0 aliphatic heterocycles. The number of nitriles is 1. The molecule has 0 aromatic heterocycles. The summed E-state index contributed by atoms with van der Waals surface area (Å²) in [6.07, 6.45) is -0.711. The zero-order chi connectivity index (χ0) is 12.0. The van der Waals surface area contributed by atoms with Crippen LogP contribution in [-0.4, -0.2) is 31.5 Å². The third-order valence-electron chi connectivity index (χ3n) is 1.96. The SMILES string of the molecule is COc1cc(C#N)cc(OCC(O)CN)c1. The van der Waals surface area contributed by atoms with Gasteiger partial charge in [-0.15, -0.1) is 0 Å². The molecule has 5 heteroatoms. The van der Waals surface area contributed by atoms with Crippen molar-refractivity contribution < 1.29 is 14.6 Å². The first kappa shape index (κ1) is 12.3. The van der Waals surface area contributed by atoms with Gasteiger partial charge in [-0.1, -0.05) is 0 Å². The summed E-state index contributed by atoms with van der Waals surface area (Å²) in [6, 6.07) is 6.82. The molecule has 0 spiro atoms. The summed E-state index contributed by atoms with van der Waals surface area (Å²) in [6.45, 7) is 0.226. The van der Waals surface area contributed by atoms with Gasteiger partial charge in [-0.25, -0.2) is 0 Å². The summed E-state index contributed by atoms with van der Waals surface area (Å²) in [5.74, 6) is 1.01. The molecular weight excluding hydrogens is 208 g/mol. The summed E-state index contributed by atoms with van der Waals surface area (Å²) in [4.78, 5) is 0. The maximum absolute atomic E-state index is 9.23. The van der Waals surface area contributed by atoms with E-state index < -0.39 is 6.10 Å². The summed E-state index contributed by atoms with van der Waals surface area (Å²) in [5.41, 5.74) is 5.68. The molecule has 5 nitrogen and oxygen atoms in total. The van der Waals surface area contributed by atoms with Crippen molar-refractivity contribution >= 4 is 0 Å². The second-order valence-electron chi connectivity index (χ2n) is 3.21. The van der Waals surface area contributed by atoms with Crippen LogP contribution in [0.5, 0.6) is 11.5 Å². The Kier molecular flexibility index (Phi) is 4.58. The fourth-order valence-electron chi connectivity index (χ4n) is 1.10. The van der Waals surface area contributed by atoms with E-state index in [0.29, 0.717) is 17.1 Å². The molecule has 0 fully saturated rings. The minimum Gasteiger partial charge on any atom is -0.497 e. The highest BCUT2D eigenvalue weighted by Crippen LogP contribution is 2.22. The monoisotopic (exact) mass is 222 g/mol. The van der Waals surface area contributed by atoms with E-state index in [-0.39, 0.29) is 13.2 Å². The summed E-state index contributed by atoms with van der Waals surface area (Å²) in [5, 5.41) is 18.0. The molecule has 0 radical (unpaired) electrons. The Morgan fingerprint density at radius 3 is 2.69 bits per heavy atom. The van der Waals surface area contributed by atoms with E-state index in [4.69, 9.17) is 20.5 Å². The minimum atomic E-state index is -0.711. The molecule has 16 heavy (non-hydrogen) atoms. The van der Waals surface area contributed by atoms with Crippen molar-refractivity contribution in [2.24, 2.45) is 5.73 Å². The highest BCUT2D eigenvalue weighted by molar-refractivity contribution is 5.43. The molecule has 1 aromatic rings. The summed E-state index contributed by atoms with van der Waals surface area (Å²) in [7, 11) is 1.51. The number of ether oxygens (including phenoxy) is 2. The fourth-order valence-corrected chi connectivity index (χ4v) is 1.10. The number of aliphatic hydroxyl groups excluding tert-OH is 1. The normalized spacial score (nSPS) is 11.6. The Labute approximate surface area is 94.0 Å². The lowest BCUT2D eigenvalue weighted by Gasteiger charge is -2.11. The van der Waals surface area contributed by atoms with E-state index in [9.17, 15) is 5.11 Å². The van der Waals surface area contributed by atoms with Crippen LogP contribution in [0.25, 0.3) is 0 Å². The van der Waals surface area contributed by atoms with E-state index in [2.05, 4.69) is 0 Å². The Bertz CT molecular complexity index is 387. The molecule has 1 unspecified atom stereocenters. The summed E-state index contributed by atoms with van der Waals surface area (Å²) < 4.78 is 10.3. The smallest absolute Gasteiger partial charge is 0.124 e. The predicted octanol–water partition coefficient (Wildman–Crippen LogP) is 0.265. The van der Waals surface area contributed by atoms with Crippen LogP contribution in [0, 0.1) is 11.3 Å². The Balaban J connectivity index is 2.76. The predicted molar refractivity (Wildman–Crippen MR) is 58.3 cm³/mol. The number of nitrogens with two attached hydrogens (primary N) is 1. The minimum absolute atomic E-state index is 0.0918. The molecule has 0 saturated carbocycles. The maximum Gasteiger partial charge on any atom is 0.124 e. The third-order valence-corrected chi connectivity index (χ3v) is 1.96. The molecule has 1 atom stereocenters. The lowest BCUT2D eigenvalue weighted by molar-refractivity contribution is 0.114. The van der Waals surface area contributed by atoms with Gasteiger partial charge in [-0.05, 0) is 12.1 Å². The highest BCUT2D eigenvalue weighted by Gasteiger charge is 2.05. The van der Waals surface area contributed by atoms with Gasteiger partial charge in [0, 0.05) is 12.6 Å². The van der Waals surface area contributed by atoms with Gasteiger partial charge in [0.2, 0.25) is 0 Å². The Hall–Kier alpha value is -1.77. The first-order valence-corrected chi connectivity index (χ1v) is 4.79. The van der Waals surface area contributed by atoms with Crippen molar-refractivity contribution in [3.05, 3.63) is 23.8 Å². The molecule has 1 rings (SSSR count). The Morgan fingerprint density at radius 2 is 2.12 bits per heavy atom. The number of hydrogen-bond acceptors (Lipinski definition) is 5. The molecule has 0 aliphatic carbocycles. The molecule has 86 valence electrons. The van der Waals surface area contributed by atoms with Gasteiger partial charge in [0.25, 0.3) is 0 Å². The maximum atomic E-state index is 9.23. The lowest BCUT2D eigenvalue weighted by atomic mass is 10.2. The average molecular weight is 222 g/mol. The Morgan fingerprint density at radius 1 is 1.44 bits per heavy atom. The van der Waals surface area contributed by atoms with Crippen LogP contribution in [0.15, 0.2) is 18.2 Å². The standard InChI is InChI=1S/C11H14N2O3/c1-15-10-2-8(5-12)3-11(4-10)16-7-9(14)6-13/h2-4,9,14H,6-7,13H2,1H3. The van der Waals surface area contributed by atoms with Gasteiger partial charge in [0.05, 0.1) is 18.7 Å². The van der Waals surface area contributed by atoms with Crippen molar-refractivity contribution in [3.63, 3.8) is 0 Å². The topological polar surface area (TPSA) is 88.5 Å². The number of aliphatic hydroxyl groups is 1. The zero-order valence-electron chi connectivity index (χ0n) is 9.01. The molecule has 0 aliphatic rings. The fraction of sp³-hybridized carbons (Fsp3) is 0.364. The van der Waals surface area contributed by atoms with Crippen LogP contribution in [-0.2, 0) is 0 Å². The quantitative estimate of drug-likeness (QED) is 0.746. The number of benzene rings is 1. The largest absolute Gasteiger partial charge is 0.497 e. The molecule has 3 N–H and O–H groups in total. The van der Waals surface area contributed by atoms with Crippen LogP contribution >= 0.6 is 0 Å². The van der Waals surface area contributed by atoms with Crippen LogP contribution in [0.1, 0.15) is 5.56 Å². The van der Waals surface area contributed by atoms with Crippen LogP contribution < -0.4 is 15.2 Å². The van der Waals surface area contributed by atoms with Crippen molar-refractivity contribution in [2.75, 3.05) is 20.3 Å². The van der Waals surface area contributed by atoms with Crippen molar-refractivity contribution in [1.82, 2.24) is 0 Å². The number of rotatable bonds is 5. The molecule has 0 heterocycles. The van der Waals surface area contributed by atoms with E-state index in [1.54, 1.807) is 18.2 Å². The van der Waals surface area contributed by atoms with Gasteiger partial charge in [0.1, 0.15) is 24.2 Å². The summed E-state index contributed by atoms with van der Waals surface area (Å²) >= 11 is 0. The van der Waals surface area contributed by atoms with Gasteiger partial charge in [-0.3, -0.25) is 0 Å². The average Bonchev–Trinajstić information content (AvgIpc) is 2.35. The van der Waals surface area contributed by atoms with Gasteiger partial charge >= 0.3 is 0 Å². The molecular formula is C11H14N2O3. The van der Waals surface area contributed by atoms with Crippen molar-refractivity contribution in [3.8, 4) is 17.6 Å². The van der Waals surface area contributed by atoms with Gasteiger partial charge in [-0.2, -0.15) is 5.26 Å². The van der Waals surface area contributed by atoms with Crippen molar-refractivity contribution in [1.29, 1.82) is 5.26 Å². The van der Waals surface area contributed by atoms with Crippen LogP contribution in [0.2, 0.25) is 0 Å². The highest BCUT2D eigenvalue weighted by atomic mass is 16.5. The number of nitrogens with zero attached hydrogens (tertiary/aromatic N) is 1. The number of hydrogen-bond donors (Lipinski definition) is 2. The molecule has 0 saturated heterocycles. The lowest BCUT2D eigenvalue weighted by Crippen LogP contribution is -2.26. The second-order valence-corrected chi connectivity index (χ2v) is 3.21. The zero-order valence-corrected chi connectivity index (χ0v) is 9.01. The third kappa shape index (κ3) is 3.42. The molecule has 0 amide bonds. The van der Waals surface area contributed by atoms with Gasteiger partial charge in [0.15, 0.2) is 0 Å². The van der Waals surface area contributed by atoms with Crippen molar-refractivity contribution in [2.45, 2.75) is 6.10 Å². The molecule has 1 aromatic carbocycles.